The smallest absolute Gasteiger partial charge is 0.338 e. The fraction of sp³-hybridized carbons (Fsp3) is 0.562. The second-order valence-corrected chi connectivity index (χ2v) is 5.62. The Kier molecular flexibility index (Phi) is 5.01. The molecule has 1 unspecified atom stereocenters. The second kappa shape index (κ2) is 6.75. The molecule has 4 nitrogen and oxygen atoms in total. The van der Waals surface area contributed by atoms with Crippen LogP contribution in [0.1, 0.15) is 42.6 Å². The molecular weight excluding hydrogens is 252 g/mol. The molecule has 1 atom stereocenters. The van der Waals surface area contributed by atoms with Crippen LogP contribution in [0.2, 0.25) is 0 Å². The fourth-order valence-electron chi connectivity index (χ4n) is 2.75. The molecule has 20 heavy (non-hydrogen) atoms. The third kappa shape index (κ3) is 3.73. The van der Waals surface area contributed by atoms with Crippen LogP contribution in [0.25, 0.3) is 0 Å². The van der Waals surface area contributed by atoms with Gasteiger partial charge in [0.15, 0.2) is 0 Å². The van der Waals surface area contributed by atoms with Crippen LogP contribution < -0.4 is 5.73 Å². The Labute approximate surface area is 120 Å². The molecule has 0 aliphatic carbocycles. The molecule has 2 rings (SSSR count). The van der Waals surface area contributed by atoms with Gasteiger partial charge in [0.2, 0.25) is 0 Å². The van der Waals surface area contributed by atoms with Crippen molar-refractivity contribution in [2.45, 2.75) is 33.2 Å². The first-order valence-electron chi connectivity index (χ1n) is 7.38. The number of benzene rings is 1. The summed E-state index contributed by atoms with van der Waals surface area (Å²) in [6.45, 7) is 7.58. The fourth-order valence-corrected chi connectivity index (χ4v) is 2.75. The lowest BCUT2D eigenvalue weighted by molar-refractivity contribution is 0.0526. The van der Waals surface area contributed by atoms with Gasteiger partial charge in [0.05, 0.1) is 12.2 Å². The number of nitrogen functional groups attached to an aromatic ring is 1. The third-order valence-electron chi connectivity index (χ3n) is 3.79. The molecule has 2 N–H and O–H groups in total. The molecule has 0 radical (unpaired) electrons. The van der Waals surface area contributed by atoms with Crippen molar-refractivity contribution in [3.63, 3.8) is 0 Å². The predicted octanol–water partition coefficient (Wildman–Crippen LogP) is 2.68. The summed E-state index contributed by atoms with van der Waals surface area (Å²) < 4.78 is 4.98. The molecule has 0 aromatic heterocycles. The van der Waals surface area contributed by atoms with E-state index in [-0.39, 0.29) is 5.97 Å². The lowest BCUT2D eigenvalue weighted by atomic mass is 9.99. The summed E-state index contributed by atoms with van der Waals surface area (Å²) in [7, 11) is 0. The molecule has 1 aromatic rings. The maximum Gasteiger partial charge on any atom is 0.338 e. The number of piperidine rings is 1. The van der Waals surface area contributed by atoms with Crippen molar-refractivity contribution >= 4 is 11.7 Å². The van der Waals surface area contributed by atoms with Gasteiger partial charge in [-0.2, -0.15) is 0 Å². The summed E-state index contributed by atoms with van der Waals surface area (Å²) in [6, 6.07) is 5.47. The van der Waals surface area contributed by atoms with E-state index in [0.717, 1.165) is 31.1 Å². The number of ether oxygens (including phenoxy) is 1. The average molecular weight is 276 g/mol. The highest BCUT2D eigenvalue weighted by atomic mass is 16.5. The second-order valence-electron chi connectivity index (χ2n) is 5.62. The Morgan fingerprint density at radius 1 is 1.50 bits per heavy atom. The van der Waals surface area contributed by atoms with Crippen molar-refractivity contribution in [3.8, 4) is 0 Å². The van der Waals surface area contributed by atoms with Gasteiger partial charge in [0.1, 0.15) is 0 Å². The summed E-state index contributed by atoms with van der Waals surface area (Å²) in [5.41, 5.74) is 8.37. The van der Waals surface area contributed by atoms with Crippen molar-refractivity contribution in [1.82, 2.24) is 4.90 Å². The number of nitrogens with two attached hydrogens (primary N) is 1. The van der Waals surface area contributed by atoms with Crippen molar-refractivity contribution in [1.29, 1.82) is 0 Å². The van der Waals surface area contributed by atoms with Crippen LogP contribution in [0, 0.1) is 5.92 Å². The predicted molar refractivity (Wildman–Crippen MR) is 80.5 cm³/mol. The van der Waals surface area contributed by atoms with Gasteiger partial charge in [-0.1, -0.05) is 13.0 Å². The largest absolute Gasteiger partial charge is 0.462 e. The first kappa shape index (κ1) is 14.9. The summed E-state index contributed by atoms with van der Waals surface area (Å²) in [4.78, 5) is 14.1. The molecule has 1 aliphatic rings. The molecular formula is C16H24N2O2. The van der Waals surface area contributed by atoms with E-state index in [0.29, 0.717) is 17.9 Å². The van der Waals surface area contributed by atoms with E-state index in [1.54, 1.807) is 19.1 Å². The van der Waals surface area contributed by atoms with Crippen LogP contribution in [-0.4, -0.2) is 30.6 Å². The Balaban J connectivity index is 2.04. The monoisotopic (exact) mass is 276 g/mol. The van der Waals surface area contributed by atoms with E-state index in [1.165, 1.54) is 12.8 Å². The van der Waals surface area contributed by atoms with E-state index in [1.807, 2.05) is 6.07 Å². The highest BCUT2D eigenvalue weighted by molar-refractivity contribution is 5.90. The molecule has 1 saturated heterocycles. The van der Waals surface area contributed by atoms with E-state index >= 15 is 0 Å². The highest BCUT2D eigenvalue weighted by Crippen LogP contribution is 2.21. The van der Waals surface area contributed by atoms with Crippen molar-refractivity contribution in [2.24, 2.45) is 5.92 Å². The topological polar surface area (TPSA) is 55.6 Å². The standard InChI is InChI=1S/C16H24N2O2/c1-3-20-16(19)13-6-7-14(15(17)9-13)11-18-8-4-5-12(2)10-18/h6-7,9,12H,3-5,8,10-11,17H2,1-2H3. The number of carbonyl (C=O) groups excluding carboxylic acids is 1. The third-order valence-corrected chi connectivity index (χ3v) is 3.79. The first-order chi connectivity index (χ1) is 9.60. The molecule has 0 bridgehead atoms. The van der Waals surface area contributed by atoms with Gasteiger partial charge < -0.3 is 10.5 Å². The van der Waals surface area contributed by atoms with Crippen LogP contribution in [0.15, 0.2) is 18.2 Å². The zero-order valence-corrected chi connectivity index (χ0v) is 12.4. The summed E-state index contributed by atoms with van der Waals surface area (Å²) >= 11 is 0. The van der Waals surface area contributed by atoms with Gasteiger partial charge in [0.25, 0.3) is 0 Å². The molecule has 1 heterocycles. The van der Waals surface area contributed by atoms with Gasteiger partial charge >= 0.3 is 5.97 Å². The lowest BCUT2D eigenvalue weighted by Gasteiger charge is -2.31. The normalized spacial score (nSPS) is 19.8. The summed E-state index contributed by atoms with van der Waals surface area (Å²) in [6.07, 6.45) is 2.57. The van der Waals surface area contributed by atoms with E-state index < -0.39 is 0 Å². The van der Waals surface area contributed by atoms with Crippen LogP contribution in [0.4, 0.5) is 5.69 Å². The van der Waals surface area contributed by atoms with Crippen LogP contribution in [0.5, 0.6) is 0 Å². The van der Waals surface area contributed by atoms with Crippen LogP contribution in [-0.2, 0) is 11.3 Å². The van der Waals surface area contributed by atoms with E-state index in [9.17, 15) is 4.79 Å². The number of nitrogens with zero attached hydrogens (tertiary/aromatic N) is 1. The molecule has 0 spiro atoms. The van der Waals surface area contributed by atoms with Crippen molar-refractivity contribution in [2.75, 3.05) is 25.4 Å². The maximum absolute atomic E-state index is 11.7. The number of esters is 1. The molecule has 1 fully saturated rings. The van der Waals surface area contributed by atoms with E-state index in [4.69, 9.17) is 10.5 Å². The molecule has 1 aromatic carbocycles. The van der Waals surface area contributed by atoms with Crippen molar-refractivity contribution in [3.05, 3.63) is 29.3 Å². The minimum absolute atomic E-state index is 0.308. The van der Waals surface area contributed by atoms with E-state index in [2.05, 4.69) is 11.8 Å². The Morgan fingerprint density at radius 3 is 2.95 bits per heavy atom. The van der Waals surface area contributed by atoms with Gasteiger partial charge in [-0.3, -0.25) is 4.90 Å². The minimum Gasteiger partial charge on any atom is -0.462 e. The first-order valence-corrected chi connectivity index (χ1v) is 7.38. The lowest BCUT2D eigenvalue weighted by Crippen LogP contribution is -2.33. The maximum atomic E-state index is 11.7. The molecule has 4 heteroatoms. The number of likely N-dealkylation sites (tertiary alicyclic amines) is 1. The van der Waals surface area contributed by atoms with Crippen LogP contribution in [0.3, 0.4) is 0 Å². The zero-order valence-electron chi connectivity index (χ0n) is 12.4. The number of hydrogen-bond donors (Lipinski definition) is 1. The highest BCUT2D eigenvalue weighted by Gasteiger charge is 2.17. The Morgan fingerprint density at radius 2 is 2.30 bits per heavy atom. The molecule has 110 valence electrons. The number of hydrogen-bond acceptors (Lipinski definition) is 4. The van der Waals surface area contributed by atoms with Gasteiger partial charge in [0, 0.05) is 18.8 Å². The number of anilines is 1. The van der Waals surface area contributed by atoms with Gasteiger partial charge in [-0.25, -0.2) is 4.79 Å². The number of rotatable bonds is 4. The summed E-state index contributed by atoms with van der Waals surface area (Å²) in [5.74, 6) is 0.445. The van der Waals surface area contributed by atoms with Crippen LogP contribution >= 0.6 is 0 Å². The Hall–Kier alpha value is -1.55. The SMILES string of the molecule is CCOC(=O)c1ccc(CN2CCCC(C)C2)c(N)c1. The number of carbonyl (C=O) groups is 1. The minimum atomic E-state index is -0.308. The van der Waals surface area contributed by atoms with Crippen molar-refractivity contribution < 1.29 is 9.53 Å². The summed E-state index contributed by atoms with van der Waals surface area (Å²) in [5, 5.41) is 0. The molecule has 1 aliphatic heterocycles. The molecule has 0 amide bonds. The average Bonchev–Trinajstić information content (AvgIpc) is 2.41. The van der Waals surface area contributed by atoms with Gasteiger partial charge in [-0.15, -0.1) is 0 Å². The quantitative estimate of drug-likeness (QED) is 0.678. The van der Waals surface area contributed by atoms with Gasteiger partial charge in [-0.05, 0) is 49.9 Å². The molecule has 0 saturated carbocycles. The zero-order chi connectivity index (χ0) is 14.5. The Bertz CT molecular complexity index is 474.